The first-order chi connectivity index (χ1) is 7.20. The zero-order chi connectivity index (χ0) is 10.5. The molecule has 1 saturated heterocycles. The molecule has 1 aliphatic heterocycles. The highest BCUT2D eigenvalue weighted by atomic mass is 16.3. The number of rotatable bonds is 2. The van der Waals surface area contributed by atoms with E-state index in [2.05, 4.69) is 17.0 Å². The van der Waals surface area contributed by atoms with E-state index in [9.17, 15) is 5.11 Å². The number of aliphatic hydroxyl groups is 1. The predicted molar refractivity (Wildman–Crippen MR) is 61.0 cm³/mol. The van der Waals surface area contributed by atoms with Gasteiger partial charge in [0.25, 0.3) is 0 Å². The molecule has 1 heterocycles. The quantitative estimate of drug-likeness (QED) is 0.797. The first-order valence-electron chi connectivity index (χ1n) is 5.72. The first-order valence-corrected chi connectivity index (χ1v) is 5.72. The molecule has 1 atom stereocenters. The minimum Gasteiger partial charge on any atom is -0.389 e. The molecule has 0 aromatic heterocycles. The smallest absolute Gasteiger partial charge is 0.0781 e. The summed E-state index contributed by atoms with van der Waals surface area (Å²) in [6.45, 7) is 4.22. The second kappa shape index (κ2) is 2.99. The van der Waals surface area contributed by atoms with Gasteiger partial charge in [-0.05, 0) is 25.8 Å². The van der Waals surface area contributed by atoms with Gasteiger partial charge in [0.05, 0.1) is 6.10 Å². The summed E-state index contributed by atoms with van der Waals surface area (Å²) in [6.07, 6.45) is 2.44. The molecule has 1 unspecified atom stereocenters. The number of hydrogen-bond acceptors (Lipinski definition) is 2. The standard InChI is InChI=1S/C13H17NO/c1-10(15)11-4-2-3-5-12(11)14-8-13(9-14)6-7-13/h2-5,10,15H,6-9H2,1H3. The van der Waals surface area contributed by atoms with Crippen LogP contribution in [0.15, 0.2) is 24.3 Å². The van der Waals surface area contributed by atoms with Crippen molar-refractivity contribution in [3.63, 3.8) is 0 Å². The largest absolute Gasteiger partial charge is 0.389 e. The van der Waals surface area contributed by atoms with Crippen LogP contribution < -0.4 is 4.90 Å². The maximum absolute atomic E-state index is 9.69. The van der Waals surface area contributed by atoms with Crippen LogP contribution in [0.5, 0.6) is 0 Å². The summed E-state index contributed by atoms with van der Waals surface area (Å²) in [5, 5.41) is 9.69. The summed E-state index contributed by atoms with van der Waals surface area (Å²) in [7, 11) is 0. The van der Waals surface area contributed by atoms with Gasteiger partial charge in [-0.3, -0.25) is 0 Å². The molecule has 1 saturated carbocycles. The lowest BCUT2D eigenvalue weighted by Gasteiger charge is -2.43. The van der Waals surface area contributed by atoms with Crippen LogP contribution in [0.2, 0.25) is 0 Å². The Morgan fingerprint density at radius 1 is 1.27 bits per heavy atom. The average Bonchev–Trinajstić information content (AvgIpc) is 2.95. The molecule has 1 N–H and O–H groups in total. The van der Waals surface area contributed by atoms with Gasteiger partial charge >= 0.3 is 0 Å². The van der Waals surface area contributed by atoms with Gasteiger partial charge in [0.2, 0.25) is 0 Å². The lowest BCUT2D eigenvalue weighted by atomic mass is 9.94. The molecule has 1 aromatic rings. The topological polar surface area (TPSA) is 23.5 Å². The van der Waals surface area contributed by atoms with Gasteiger partial charge in [-0.1, -0.05) is 18.2 Å². The summed E-state index contributed by atoms with van der Waals surface area (Å²) >= 11 is 0. The summed E-state index contributed by atoms with van der Waals surface area (Å²) < 4.78 is 0. The molecule has 3 rings (SSSR count). The normalized spacial score (nSPS) is 23.7. The highest BCUT2D eigenvalue weighted by molar-refractivity contribution is 5.57. The van der Waals surface area contributed by atoms with Gasteiger partial charge in [-0.2, -0.15) is 0 Å². The molecule has 1 aliphatic carbocycles. The Bertz CT molecular complexity index is 374. The highest BCUT2D eigenvalue weighted by Crippen LogP contribution is 2.54. The third-order valence-corrected chi connectivity index (χ3v) is 3.74. The minimum absolute atomic E-state index is 0.364. The fourth-order valence-corrected chi connectivity index (χ4v) is 2.56. The zero-order valence-corrected chi connectivity index (χ0v) is 9.11. The molecule has 0 amide bonds. The third-order valence-electron chi connectivity index (χ3n) is 3.74. The van der Waals surface area contributed by atoms with Gasteiger partial charge in [0, 0.05) is 29.8 Å². The van der Waals surface area contributed by atoms with Crippen molar-refractivity contribution in [2.45, 2.75) is 25.9 Å². The van der Waals surface area contributed by atoms with Gasteiger partial charge in [0.1, 0.15) is 0 Å². The average molecular weight is 203 g/mol. The summed E-state index contributed by atoms with van der Waals surface area (Å²) in [4.78, 5) is 2.40. The Morgan fingerprint density at radius 2 is 1.93 bits per heavy atom. The molecular formula is C13H17NO. The molecule has 15 heavy (non-hydrogen) atoms. The number of para-hydroxylation sites is 1. The third kappa shape index (κ3) is 1.44. The van der Waals surface area contributed by atoms with Crippen LogP contribution in [-0.4, -0.2) is 18.2 Å². The van der Waals surface area contributed by atoms with Crippen molar-refractivity contribution in [1.82, 2.24) is 0 Å². The molecule has 2 aliphatic rings. The van der Waals surface area contributed by atoms with Crippen molar-refractivity contribution in [1.29, 1.82) is 0 Å². The fraction of sp³-hybridized carbons (Fsp3) is 0.538. The first kappa shape index (κ1) is 9.22. The lowest BCUT2D eigenvalue weighted by molar-refractivity contribution is 0.199. The Hall–Kier alpha value is -1.02. The molecule has 80 valence electrons. The van der Waals surface area contributed by atoms with Gasteiger partial charge < -0.3 is 10.0 Å². The molecule has 2 nitrogen and oxygen atoms in total. The number of anilines is 1. The van der Waals surface area contributed by atoms with Crippen LogP contribution >= 0.6 is 0 Å². The van der Waals surface area contributed by atoms with Gasteiger partial charge in [-0.15, -0.1) is 0 Å². The summed E-state index contributed by atoms with van der Waals surface area (Å²) in [5.74, 6) is 0. The van der Waals surface area contributed by atoms with E-state index in [1.165, 1.54) is 31.6 Å². The number of hydrogen-bond donors (Lipinski definition) is 1. The monoisotopic (exact) mass is 203 g/mol. The Labute approximate surface area is 90.5 Å². The van der Waals surface area contributed by atoms with Crippen LogP contribution in [0.1, 0.15) is 31.4 Å². The van der Waals surface area contributed by atoms with E-state index in [-0.39, 0.29) is 6.10 Å². The molecule has 0 bridgehead atoms. The van der Waals surface area contributed by atoms with E-state index in [0.717, 1.165) is 5.56 Å². The molecular weight excluding hydrogens is 186 g/mol. The van der Waals surface area contributed by atoms with Crippen molar-refractivity contribution < 1.29 is 5.11 Å². The molecule has 1 aromatic carbocycles. The maximum atomic E-state index is 9.69. The Morgan fingerprint density at radius 3 is 2.53 bits per heavy atom. The van der Waals surface area contributed by atoms with Gasteiger partial charge in [0.15, 0.2) is 0 Å². The number of aliphatic hydroxyl groups excluding tert-OH is 1. The van der Waals surface area contributed by atoms with E-state index < -0.39 is 0 Å². The van der Waals surface area contributed by atoms with E-state index >= 15 is 0 Å². The molecule has 1 spiro atoms. The van der Waals surface area contributed by atoms with Crippen molar-refractivity contribution in [2.75, 3.05) is 18.0 Å². The van der Waals surface area contributed by atoms with Crippen molar-refractivity contribution in [3.05, 3.63) is 29.8 Å². The minimum atomic E-state index is -0.364. The molecule has 2 heteroatoms. The number of benzene rings is 1. The predicted octanol–water partition coefficient (Wildman–Crippen LogP) is 2.34. The number of nitrogens with zero attached hydrogens (tertiary/aromatic N) is 1. The fourth-order valence-electron chi connectivity index (χ4n) is 2.56. The second-order valence-electron chi connectivity index (χ2n) is 5.09. The van der Waals surface area contributed by atoms with Crippen LogP contribution in [0.4, 0.5) is 5.69 Å². The van der Waals surface area contributed by atoms with E-state index in [0.29, 0.717) is 5.41 Å². The summed E-state index contributed by atoms with van der Waals surface area (Å²) in [5.41, 5.74) is 2.96. The van der Waals surface area contributed by atoms with Crippen LogP contribution in [0.25, 0.3) is 0 Å². The van der Waals surface area contributed by atoms with Crippen molar-refractivity contribution in [3.8, 4) is 0 Å². The van der Waals surface area contributed by atoms with Crippen molar-refractivity contribution in [2.24, 2.45) is 5.41 Å². The SMILES string of the molecule is CC(O)c1ccccc1N1CC2(CC2)C1. The van der Waals surface area contributed by atoms with E-state index in [4.69, 9.17) is 0 Å². The highest BCUT2D eigenvalue weighted by Gasteiger charge is 2.52. The Kier molecular flexibility index (Phi) is 1.84. The lowest BCUT2D eigenvalue weighted by Crippen LogP contribution is -2.48. The molecule has 0 radical (unpaired) electrons. The second-order valence-corrected chi connectivity index (χ2v) is 5.09. The Balaban J connectivity index is 1.84. The van der Waals surface area contributed by atoms with Crippen LogP contribution in [0, 0.1) is 5.41 Å². The van der Waals surface area contributed by atoms with Crippen LogP contribution in [-0.2, 0) is 0 Å². The molecule has 2 fully saturated rings. The van der Waals surface area contributed by atoms with E-state index in [1.54, 1.807) is 0 Å². The van der Waals surface area contributed by atoms with Crippen molar-refractivity contribution >= 4 is 5.69 Å². The zero-order valence-electron chi connectivity index (χ0n) is 9.11. The summed E-state index contributed by atoms with van der Waals surface area (Å²) in [6, 6.07) is 8.20. The van der Waals surface area contributed by atoms with E-state index in [1.807, 2.05) is 19.1 Å². The maximum Gasteiger partial charge on any atom is 0.0781 e. The van der Waals surface area contributed by atoms with Gasteiger partial charge in [-0.25, -0.2) is 0 Å². The van der Waals surface area contributed by atoms with Crippen LogP contribution in [0.3, 0.4) is 0 Å².